The molecule has 6 nitrogen and oxygen atoms in total. The van der Waals surface area contributed by atoms with Crippen molar-refractivity contribution in [1.82, 2.24) is 10.4 Å². The number of carbonyl (C=O) groups is 3. The molecule has 124 valence electrons. The minimum atomic E-state index is -0.472. The molecule has 2 bridgehead atoms. The van der Waals surface area contributed by atoms with E-state index in [1.807, 2.05) is 19.1 Å². The number of ether oxygens (including phenoxy) is 1. The summed E-state index contributed by atoms with van der Waals surface area (Å²) in [5.74, 6) is -0.754. The number of hydrogen-bond acceptors (Lipinski definition) is 4. The van der Waals surface area contributed by atoms with Gasteiger partial charge < -0.3 is 4.74 Å². The van der Waals surface area contributed by atoms with Crippen molar-refractivity contribution in [3.05, 3.63) is 42.0 Å². The fourth-order valence-corrected chi connectivity index (χ4v) is 4.05. The van der Waals surface area contributed by atoms with Gasteiger partial charge in [0.25, 0.3) is 17.7 Å². The van der Waals surface area contributed by atoms with Gasteiger partial charge in [-0.25, -0.2) is 0 Å². The molecule has 1 saturated heterocycles. The van der Waals surface area contributed by atoms with Crippen LogP contribution in [0.1, 0.15) is 23.7 Å². The summed E-state index contributed by atoms with van der Waals surface area (Å²) in [6.07, 6.45) is 4.91. The molecule has 0 unspecified atom stereocenters. The van der Waals surface area contributed by atoms with Gasteiger partial charge in [-0.3, -0.25) is 19.8 Å². The summed E-state index contributed by atoms with van der Waals surface area (Å²) in [4.78, 5) is 37.4. The zero-order valence-electron chi connectivity index (χ0n) is 13.3. The highest BCUT2D eigenvalue weighted by atomic mass is 16.5. The van der Waals surface area contributed by atoms with E-state index in [-0.39, 0.29) is 35.5 Å². The van der Waals surface area contributed by atoms with Gasteiger partial charge in [-0.05, 0) is 49.4 Å². The lowest BCUT2D eigenvalue weighted by Crippen LogP contribution is -2.47. The topological polar surface area (TPSA) is 75.7 Å². The van der Waals surface area contributed by atoms with Crippen molar-refractivity contribution in [2.24, 2.45) is 23.7 Å². The molecule has 0 spiro atoms. The smallest absolute Gasteiger partial charge is 0.270 e. The Labute approximate surface area is 139 Å². The molecule has 1 aliphatic heterocycles. The van der Waals surface area contributed by atoms with E-state index in [2.05, 4.69) is 5.43 Å². The minimum Gasteiger partial charge on any atom is -0.494 e. The minimum absolute atomic E-state index is 0.129. The van der Waals surface area contributed by atoms with Crippen LogP contribution in [0.25, 0.3) is 0 Å². The molecular weight excluding hydrogens is 308 g/mol. The quantitative estimate of drug-likeness (QED) is 0.673. The number of fused-ring (bicyclic) bond motifs is 5. The molecule has 3 amide bonds. The largest absolute Gasteiger partial charge is 0.494 e. The summed E-state index contributed by atoms with van der Waals surface area (Å²) >= 11 is 0. The van der Waals surface area contributed by atoms with Gasteiger partial charge in [0, 0.05) is 5.56 Å². The van der Waals surface area contributed by atoms with Crippen molar-refractivity contribution in [2.75, 3.05) is 6.61 Å². The Morgan fingerprint density at radius 2 is 1.71 bits per heavy atom. The number of amides is 3. The molecule has 6 heteroatoms. The van der Waals surface area contributed by atoms with E-state index in [9.17, 15) is 14.4 Å². The molecule has 1 heterocycles. The van der Waals surface area contributed by atoms with Gasteiger partial charge in [0.2, 0.25) is 0 Å². The van der Waals surface area contributed by atoms with Crippen molar-refractivity contribution in [3.63, 3.8) is 0 Å². The second-order valence-corrected chi connectivity index (χ2v) is 6.41. The molecule has 0 aromatic heterocycles. The number of hydrazine groups is 1. The predicted molar refractivity (Wildman–Crippen MR) is 84.6 cm³/mol. The van der Waals surface area contributed by atoms with Gasteiger partial charge in [0.15, 0.2) is 0 Å². The predicted octanol–water partition coefficient (Wildman–Crippen LogP) is 1.54. The van der Waals surface area contributed by atoms with Gasteiger partial charge in [0.05, 0.1) is 18.4 Å². The molecular formula is C18H18N2O4. The first-order valence-corrected chi connectivity index (χ1v) is 8.20. The number of nitrogens with zero attached hydrogens (tertiary/aromatic N) is 1. The second-order valence-electron chi connectivity index (χ2n) is 6.41. The number of allylic oxidation sites excluding steroid dienone is 2. The van der Waals surface area contributed by atoms with Gasteiger partial charge in [-0.15, -0.1) is 0 Å². The summed E-state index contributed by atoms with van der Waals surface area (Å²) in [5.41, 5.74) is 2.84. The Bertz CT molecular complexity index is 710. The molecule has 1 N–H and O–H groups in total. The van der Waals surface area contributed by atoms with Crippen molar-refractivity contribution in [3.8, 4) is 5.75 Å². The van der Waals surface area contributed by atoms with Crippen LogP contribution < -0.4 is 10.2 Å². The number of rotatable bonds is 4. The Balaban J connectivity index is 1.48. The highest BCUT2D eigenvalue weighted by Gasteiger charge is 2.59. The van der Waals surface area contributed by atoms with Crippen LogP contribution in [0, 0.1) is 23.7 Å². The third-order valence-electron chi connectivity index (χ3n) is 5.11. The number of nitrogens with one attached hydrogen (secondary N) is 1. The lowest BCUT2D eigenvalue weighted by Gasteiger charge is -2.18. The van der Waals surface area contributed by atoms with Crippen LogP contribution in [0.3, 0.4) is 0 Å². The van der Waals surface area contributed by atoms with Crippen LogP contribution >= 0.6 is 0 Å². The summed E-state index contributed by atoms with van der Waals surface area (Å²) in [5, 5.41) is 0.917. The third kappa shape index (κ3) is 2.13. The maximum absolute atomic E-state index is 12.5. The first-order valence-electron chi connectivity index (χ1n) is 8.20. The van der Waals surface area contributed by atoms with E-state index in [0.717, 1.165) is 11.4 Å². The molecule has 2 fully saturated rings. The summed E-state index contributed by atoms with van der Waals surface area (Å²) in [6.45, 7) is 2.42. The highest BCUT2D eigenvalue weighted by molar-refractivity contribution is 6.08. The van der Waals surface area contributed by atoms with Crippen molar-refractivity contribution in [2.45, 2.75) is 13.3 Å². The van der Waals surface area contributed by atoms with Crippen molar-refractivity contribution < 1.29 is 19.1 Å². The molecule has 24 heavy (non-hydrogen) atoms. The van der Waals surface area contributed by atoms with Crippen LogP contribution in [0.4, 0.5) is 0 Å². The molecule has 3 aliphatic rings. The number of hydrogen-bond donors (Lipinski definition) is 1. The molecule has 1 aromatic rings. The second kappa shape index (κ2) is 5.47. The van der Waals surface area contributed by atoms with E-state index < -0.39 is 5.91 Å². The third-order valence-corrected chi connectivity index (χ3v) is 5.11. The van der Waals surface area contributed by atoms with Crippen LogP contribution in [0.2, 0.25) is 0 Å². The zero-order valence-corrected chi connectivity index (χ0v) is 13.3. The maximum atomic E-state index is 12.5. The Hall–Kier alpha value is -2.63. The van der Waals surface area contributed by atoms with E-state index >= 15 is 0 Å². The van der Waals surface area contributed by atoms with Crippen molar-refractivity contribution >= 4 is 17.7 Å². The SMILES string of the molecule is CCOc1ccc(C(=O)NN2C(=O)[C@@H]3[C@H](C2=O)[C@@H]2C=C[C@H]3C2)cc1. The average molecular weight is 326 g/mol. The molecule has 0 radical (unpaired) electrons. The standard InChI is InChI=1S/C18H18N2O4/c1-2-24-13-7-5-10(6-8-13)16(21)19-20-17(22)14-11-3-4-12(9-11)15(14)18(20)23/h3-8,11-12,14-15H,2,9H2,1H3,(H,19,21)/t11-,12+,14-,15+. The number of carbonyl (C=O) groups excluding carboxylic acids is 3. The first kappa shape index (κ1) is 14.9. The average Bonchev–Trinajstić information content (AvgIpc) is 3.26. The van der Waals surface area contributed by atoms with Crippen LogP contribution in [-0.4, -0.2) is 29.3 Å². The Morgan fingerprint density at radius 1 is 1.12 bits per heavy atom. The van der Waals surface area contributed by atoms with E-state index in [1.165, 1.54) is 0 Å². The van der Waals surface area contributed by atoms with E-state index in [0.29, 0.717) is 17.9 Å². The Kier molecular flexibility index (Phi) is 3.40. The number of benzene rings is 1. The number of imide groups is 1. The molecule has 1 saturated carbocycles. The van der Waals surface area contributed by atoms with E-state index in [1.54, 1.807) is 24.3 Å². The van der Waals surface area contributed by atoms with E-state index in [4.69, 9.17) is 4.74 Å². The van der Waals surface area contributed by atoms with Gasteiger partial charge in [0.1, 0.15) is 5.75 Å². The van der Waals surface area contributed by atoms with Gasteiger partial charge in [-0.1, -0.05) is 12.2 Å². The molecule has 2 aliphatic carbocycles. The lowest BCUT2D eigenvalue weighted by atomic mass is 9.85. The van der Waals surface area contributed by atoms with Crippen LogP contribution in [0.15, 0.2) is 36.4 Å². The van der Waals surface area contributed by atoms with Crippen LogP contribution in [-0.2, 0) is 9.59 Å². The van der Waals surface area contributed by atoms with Gasteiger partial charge >= 0.3 is 0 Å². The maximum Gasteiger partial charge on any atom is 0.270 e. The van der Waals surface area contributed by atoms with Gasteiger partial charge in [-0.2, -0.15) is 5.01 Å². The lowest BCUT2D eigenvalue weighted by molar-refractivity contribution is -0.143. The monoisotopic (exact) mass is 326 g/mol. The first-order chi connectivity index (χ1) is 11.6. The molecule has 4 atom stereocenters. The summed E-state index contributed by atoms with van der Waals surface area (Å²) in [6, 6.07) is 6.59. The summed E-state index contributed by atoms with van der Waals surface area (Å²) in [7, 11) is 0. The summed E-state index contributed by atoms with van der Waals surface area (Å²) < 4.78 is 5.33. The van der Waals surface area contributed by atoms with Crippen molar-refractivity contribution in [1.29, 1.82) is 0 Å². The Morgan fingerprint density at radius 3 is 2.25 bits per heavy atom. The normalized spacial score (nSPS) is 30.0. The van der Waals surface area contributed by atoms with Crippen LogP contribution in [0.5, 0.6) is 5.75 Å². The highest BCUT2D eigenvalue weighted by Crippen LogP contribution is 2.52. The molecule has 4 rings (SSSR count). The zero-order chi connectivity index (χ0) is 16.8. The fourth-order valence-electron chi connectivity index (χ4n) is 4.05. The fraction of sp³-hybridized carbons (Fsp3) is 0.389. The molecule has 1 aromatic carbocycles.